The molecule has 0 atom stereocenters. The second-order valence-corrected chi connectivity index (χ2v) is 7.50. The molecule has 0 spiro atoms. The smallest absolute Gasteiger partial charge is 0.255 e. The number of carbonyl (C=O) groups is 2. The molecule has 0 aliphatic carbocycles. The third-order valence-electron chi connectivity index (χ3n) is 4.81. The van der Waals surface area contributed by atoms with Crippen molar-refractivity contribution < 1.29 is 19.1 Å². The molecule has 0 unspecified atom stereocenters. The van der Waals surface area contributed by atoms with Gasteiger partial charge in [-0.2, -0.15) is 0 Å². The Morgan fingerprint density at radius 1 is 1.03 bits per heavy atom. The number of amides is 1. The van der Waals surface area contributed by atoms with Gasteiger partial charge in [-0.05, 0) is 66.2 Å². The van der Waals surface area contributed by atoms with Crippen LogP contribution in [0.25, 0.3) is 6.08 Å². The Hall–Kier alpha value is -3.48. The molecule has 0 saturated carbocycles. The van der Waals surface area contributed by atoms with Crippen molar-refractivity contribution in [2.45, 2.75) is 0 Å². The number of nitrogens with one attached hydrogen (secondary N) is 1. The number of halogens is 2. The lowest BCUT2D eigenvalue weighted by atomic mass is 10.1. The van der Waals surface area contributed by atoms with Gasteiger partial charge in [-0.3, -0.25) is 9.59 Å². The van der Waals surface area contributed by atoms with E-state index in [2.05, 4.69) is 5.32 Å². The normalized spacial score (nSPS) is 10.9. The van der Waals surface area contributed by atoms with Crippen molar-refractivity contribution >= 4 is 40.7 Å². The van der Waals surface area contributed by atoms with Gasteiger partial charge in [-0.1, -0.05) is 29.8 Å². The Labute approximate surface area is 190 Å². The van der Waals surface area contributed by atoms with Crippen molar-refractivity contribution in [2.75, 3.05) is 30.4 Å². The van der Waals surface area contributed by atoms with E-state index in [0.29, 0.717) is 17.8 Å². The Balaban J connectivity index is 1.61. The minimum absolute atomic E-state index is 0.0791. The summed E-state index contributed by atoms with van der Waals surface area (Å²) in [7, 11) is 1.89. The molecule has 2 N–H and O–H groups in total. The van der Waals surface area contributed by atoms with Gasteiger partial charge in [-0.15, -0.1) is 0 Å². The number of allylic oxidation sites excluding steroid dienone is 1. The fourth-order valence-corrected chi connectivity index (χ4v) is 3.13. The van der Waals surface area contributed by atoms with Gasteiger partial charge in [0.2, 0.25) is 0 Å². The predicted molar refractivity (Wildman–Crippen MR) is 126 cm³/mol. The Kier molecular flexibility index (Phi) is 7.76. The highest BCUT2D eigenvalue weighted by Crippen LogP contribution is 2.18. The van der Waals surface area contributed by atoms with Gasteiger partial charge in [-0.25, -0.2) is 4.39 Å². The zero-order valence-corrected chi connectivity index (χ0v) is 18.1. The number of hydrogen-bond acceptors (Lipinski definition) is 4. The number of benzene rings is 3. The van der Waals surface area contributed by atoms with Gasteiger partial charge in [0.1, 0.15) is 5.82 Å². The molecule has 3 aromatic rings. The number of anilines is 2. The second kappa shape index (κ2) is 10.7. The summed E-state index contributed by atoms with van der Waals surface area (Å²) in [6.45, 7) is 0.623. The molecule has 0 fully saturated rings. The van der Waals surface area contributed by atoms with Crippen molar-refractivity contribution in [3.8, 4) is 0 Å². The van der Waals surface area contributed by atoms with Crippen LogP contribution in [-0.2, 0) is 0 Å². The summed E-state index contributed by atoms with van der Waals surface area (Å²) in [5.74, 6) is -1.20. The van der Waals surface area contributed by atoms with Crippen molar-refractivity contribution in [2.24, 2.45) is 0 Å². The van der Waals surface area contributed by atoms with Crippen molar-refractivity contribution in [3.05, 3.63) is 100 Å². The monoisotopic (exact) mass is 452 g/mol. The zero-order chi connectivity index (χ0) is 23.1. The molecule has 5 nitrogen and oxygen atoms in total. The maximum atomic E-state index is 13.2. The summed E-state index contributed by atoms with van der Waals surface area (Å²) in [6.07, 6.45) is 3.21. The van der Waals surface area contributed by atoms with Crippen LogP contribution in [0.4, 0.5) is 15.8 Å². The number of aliphatic hydroxyl groups excluding tert-OH is 1. The first kappa shape index (κ1) is 23.2. The molecule has 3 rings (SSSR count). The van der Waals surface area contributed by atoms with E-state index >= 15 is 0 Å². The van der Waals surface area contributed by atoms with E-state index in [4.69, 9.17) is 16.7 Å². The molecule has 0 aliphatic heterocycles. The number of hydrogen-bond donors (Lipinski definition) is 2. The van der Waals surface area contributed by atoms with Crippen LogP contribution >= 0.6 is 11.6 Å². The summed E-state index contributed by atoms with van der Waals surface area (Å²) in [5, 5.41) is 11.6. The van der Waals surface area contributed by atoms with E-state index in [0.717, 1.165) is 17.3 Å². The summed E-state index contributed by atoms with van der Waals surface area (Å²) in [5.41, 5.74) is 3.06. The molecule has 0 aromatic heterocycles. The predicted octanol–water partition coefficient (Wildman–Crippen LogP) is 5.06. The fourth-order valence-electron chi connectivity index (χ4n) is 2.95. The van der Waals surface area contributed by atoms with Crippen molar-refractivity contribution in [1.82, 2.24) is 0 Å². The maximum absolute atomic E-state index is 13.2. The molecule has 0 radical (unpaired) electrons. The summed E-state index contributed by atoms with van der Waals surface area (Å²) in [4.78, 5) is 26.6. The Morgan fingerprint density at radius 2 is 1.69 bits per heavy atom. The highest BCUT2D eigenvalue weighted by atomic mass is 35.5. The highest BCUT2D eigenvalue weighted by molar-refractivity contribution is 6.31. The molecule has 0 bridgehead atoms. The van der Waals surface area contributed by atoms with E-state index in [9.17, 15) is 14.0 Å². The van der Waals surface area contributed by atoms with Gasteiger partial charge in [0.15, 0.2) is 5.78 Å². The molecular weight excluding hydrogens is 431 g/mol. The number of ketones is 1. The summed E-state index contributed by atoms with van der Waals surface area (Å²) >= 11 is 5.71. The van der Waals surface area contributed by atoms with E-state index < -0.39 is 11.7 Å². The molecule has 0 aliphatic rings. The largest absolute Gasteiger partial charge is 0.395 e. The SMILES string of the molecule is CN(CCO)c1ccc(/C=C/C(=O)c2ccc(NC(=O)c3ccc(F)c(Cl)c3)cc2)cc1. The molecule has 32 heavy (non-hydrogen) atoms. The fraction of sp³-hybridized carbons (Fsp3) is 0.120. The van der Waals surface area contributed by atoms with Gasteiger partial charge >= 0.3 is 0 Å². The van der Waals surface area contributed by atoms with Crippen LogP contribution in [0.2, 0.25) is 5.02 Å². The average Bonchev–Trinajstić information content (AvgIpc) is 2.80. The molecule has 0 saturated heterocycles. The third-order valence-corrected chi connectivity index (χ3v) is 5.10. The minimum Gasteiger partial charge on any atom is -0.395 e. The van der Waals surface area contributed by atoms with Crippen LogP contribution in [0.3, 0.4) is 0 Å². The van der Waals surface area contributed by atoms with Crippen LogP contribution in [0, 0.1) is 5.82 Å². The lowest BCUT2D eigenvalue weighted by molar-refractivity contribution is 0.102. The van der Waals surface area contributed by atoms with Crippen LogP contribution in [0.5, 0.6) is 0 Å². The molecular formula is C25H22ClFN2O3. The lowest BCUT2D eigenvalue weighted by Gasteiger charge is -2.17. The number of nitrogens with zero attached hydrogens (tertiary/aromatic N) is 1. The molecule has 3 aromatic carbocycles. The van der Waals surface area contributed by atoms with Gasteiger partial charge in [0.25, 0.3) is 5.91 Å². The van der Waals surface area contributed by atoms with E-state index in [1.807, 2.05) is 36.2 Å². The topological polar surface area (TPSA) is 69.6 Å². The van der Waals surface area contributed by atoms with Crippen molar-refractivity contribution in [1.29, 1.82) is 0 Å². The minimum atomic E-state index is -0.593. The van der Waals surface area contributed by atoms with Crippen LogP contribution in [0.15, 0.2) is 72.8 Å². The van der Waals surface area contributed by atoms with Crippen molar-refractivity contribution in [3.63, 3.8) is 0 Å². The van der Waals surface area contributed by atoms with Crippen LogP contribution < -0.4 is 10.2 Å². The molecule has 1 amide bonds. The van der Waals surface area contributed by atoms with Gasteiger partial charge < -0.3 is 15.3 Å². The standard InChI is InChI=1S/C25H22ClFN2O3/c1-29(14-15-30)21-10-2-17(3-11-21)4-13-24(31)18-5-8-20(9-6-18)28-25(32)19-7-12-23(27)22(26)16-19/h2-13,16,30H,14-15H2,1H3,(H,28,32)/b13-4+. The van der Waals surface area contributed by atoms with Crippen LogP contribution in [0.1, 0.15) is 26.3 Å². The van der Waals surface area contributed by atoms with E-state index in [-0.39, 0.29) is 23.0 Å². The average molecular weight is 453 g/mol. The summed E-state index contributed by atoms with van der Waals surface area (Å²) in [6, 6.07) is 17.8. The highest BCUT2D eigenvalue weighted by Gasteiger charge is 2.10. The van der Waals surface area contributed by atoms with Gasteiger partial charge in [0.05, 0.1) is 11.6 Å². The Morgan fingerprint density at radius 3 is 2.31 bits per heavy atom. The maximum Gasteiger partial charge on any atom is 0.255 e. The van der Waals surface area contributed by atoms with Crippen LogP contribution in [-0.4, -0.2) is 37.0 Å². The first-order valence-electron chi connectivity index (χ1n) is 9.88. The number of likely N-dealkylation sites (N-methyl/N-ethyl adjacent to an activating group) is 1. The Bertz CT molecular complexity index is 1130. The molecule has 0 heterocycles. The van der Waals surface area contributed by atoms with E-state index in [1.54, 1.807) is 30.3 Å². The van der Waals surface area contributed by atoms with E-state index in [1.165, 1.54) is 18.2 Å². The molecule has 164 valence electrons. The quantitative estimate of drug-likeness (QED) is 0.370. The van der Waals surface area contributed by atoms with Gasteiger partial charge in [0, 0.05) is 36.1 Å². The number of aliphatic hydroxyl groups is 1. The molecule has 7 heteroatoms. The third kappa shape index (κ3) is 6.03. The number of rotatable bonds is 8. The number of carbonyl (C=O) groups excluding carboxylic acids is 2. The second-order valence-electron chi connectivity index (χ2n) is 7.09. The first-order valence-corrected chi connectivity index (χ1v) is 10.3. The lowest BCUT2D eigenvalue weighted by Crippen LogP contribution is -2.20. The first-order chi connectivity index (χ1) is 15.4. The summed E-state index contributed by atoms with van der Waals surface area (Å²) < 4.78 is 13.2. The zero-order valence-electron chi connectivity index (χ0n) is 17.4.